The Labute approximate surface area is 137 Å². The van der Waals surface area contributed by atoms with Crippen molar-refractivity contribution in [1.82, 2.24) is 15.2 Å². The first-order valence-electron chi connectivity index (χ1n) is 6.65. The van der Waals surface area contributed by atoms with E-state index in [1.807, 2.05) is 11.9 Å². The monoisotopic (exact) mass is 339 g/mol. The van der Waals surface area contributed by atoms with Gasteiger partial charge in [0, 0.05) is 19.1 Å². The summed E-state index contributed by atoms with van der Waals surface area (Å²) in [5.41, 5.74) is 0. The Morgan fingerprint density at radius 3 is 2.95 bits per heavy atom. The molecule has 2 rings (SSSR count). The molecular formula is C13H23Cl2N3OS. The van der Waals surface area contributed by atoms with E-state index < -0.39 is 0 Å². The second kappa shape index (κ2) is 9.55. The summed E-state index contributed by atoms with van der Waals surface area (Å²) in [5, 5.41) is 4.33. The summed E-state index contributed by atoms with van der Waals surface area (Å²) in [5.74, 6) is 0.148. The van der Waals surface area contributed by atoms with Crippen LogP contribution in [0.2, 0.25) is 0 Å². The molecule has 0 spiro atoms. The number of thiazole rings is 1. The average Bonchev–Trinajstić information content (AvgIpc) is 2.87. The first-order chi connectivity index (χ1) is 8.74. The van der Waals surface area contributed by atoms with Crippen molar-refractivity contribution in [3.63, 3.8) is 0 Å². The Bertz CT molecular complexity index is 414. The third-order valence-electron chi connectivity index (χ3n) is 3.35. The number of aromatic nitrogens is 1. The largest absolute Gasteiger partial charge is 0.336 e. The zero-order chi connectivity index (χ0) is 13.0. The normalized spacial score (nSPS) is 18.1. The van der Waals surface area contributed by atoms with E-state index in [0.29, 0.717) is 6.04 Å². The molecule has 0 radical (unpaired) electrons. The first kappa shape index (κ1) is 19.6. The lowest BCUT2D eigenvalue weighted by Gasteiger charge is -2.32. The summed E-state index contributed by atoms with van der Waals surface area (Å²) in [7, 11) is 1.96. The Hall–Kier alpha value is -0.360. The molecule has 2 heterocycles. The van der Waals surface area contributed by atoms with Crippen molar-refractivity contribution >= 4 is 42.1 Å². The number of rotatable bonds is 4. The molecule has 1 aliphatic rings. The van der Waals surface area contributed by atoms with Crippen molar-refractivity contribution in [1.29, 1.82) is 0 Å². The number of halogens is 2. The topological polar surface area (TPSA) is 45.2 Å². The number of hydrogen-bond donors (Lipinski definition) is 1. The fourth-order valence-electron chi connectivity index (χ4n) is 2.29. The van der Waals surface area contributed by atoms with E-state index in [0.717, 1.165) is 48.7 Å². The molecule has 1 saturated heterocycles. The zero-order valence-corrected chi connectivity index (χ0v) is 14.4. The number of aryl methyl sites for hydroxylation is 1. The predicted molar refractivity (Wildman–Crippen MR) is 88.6 cm³/mol. The summed E-state index contributed by atoms with van der Waals surface area (Å²) < 4.78 is 0. The number of hydrogen-bond acceptors (Lipinski definition) is 4. The van der Waals surface area contributed by atoms with Gasteiger partial charge in [0.1, 0.15) is 4.88 Å². The molecule has 116 valence electrons. The molecule has 1 amide bonds. The van der Waals surface area contributed by atoms with Crippen LogP contribution < -0.4 is 5.32 Å². The molecule has 1 fully saturated rings. The van der Waals surface area contributed by atoms with Crippen molar-refractivity contribution < 1.29 is 4.79 Å². The molecule has 4 nitrogen and oxygen atoms in total. The van der Waals surface area contributed by atoms with Crippen LogP contribution >= 0.6 is 36.2 Å². The molecule has 1 aromatic heterocycles. The Morgan fingerprint density at radius 1 is 1.55 bits per heavy atom. The van der Waals surface area contributed by atoms with Crippen LogP contribution in [-0.4, -0.2) is 42.0 Å². The molecule has 0 aromatic carbocycles. The second-order valence-electron chi connectivity index (χ2n) is 4.75. The predicted octanol–water partition coefficient (Wildman–Crippen LogP) is 2.76. The standard InChI is InChI=1S/C13H21N3OS.2ClH/c1-3-5-12-15-8-11(18-12)13(17)16-7-4-6-10(9-16)14-2;;/h8,10,14H,3-7,9H2,1-2H3;2*1H. The van der Waals surface area contributed by atoms with Gasteiger partial charge >= 0.3 is 0 Å². The van der Waals surface area contributed by atoms with Gasteiger partial charge < -0.3 is 10.2 Å². The van der Waals surface area contributed by atoms with E-state index in [1.54, 1.807) is 17.5 Å². The summed E-state index contributed by atoms with van der Waals surface area (Å²) >= 11 is 1.55. The van der Waals surface area contributed by atoms with Gasteiger partial charge in [-0.05, 0) is 32.7 Å². The molecule has 7 heteroatoms. The summed E-state index contributed by atoms with van der Waals surface area (Å²) in [6.07, 6.45) is 6.02. The molecule has 1 atom stereocenters. The van der Waals surface area contributed by atoms with E-state index in [4.69, 9.17) is 0 Å². The maximum atomic E-state index is 12.3. The Balaban J connectivity index is 0.00000180. The lowest BCUT2D eigenvalue weighted by atomic mass is 10.1. The highest BCUT2D eigenvalue weighted by Crippen LogP contribution is 2.19. The molecule has 0 bridgehead atoms. The minimum absolute atomic E-state index is 0. The second-order valence-corrected chi connectivity index (χ2v) is 5.86. The fraction of sp³-hybridized carbons (Fsp3) is 0.692. The van der Waals surface area contributed by atoms with Crippen LogP contribution in [0.15, 0.2) is 6.20 Å². The Kier molecular flexibility index (Phi) is 9.38. The molecule has 0 saturated carbocycles. The van der Waals surface area contributed by atoms with Crippen LogP contribution in [0.4, 0.5) is 0 Å². The van der Waals surface area contributed by atoms with E-state index in [9.17, 15) is 4.79 Å². The molecule has 0 aliphatic carbocycles. The number of amides is 1. The highest BCUT2D eigenvalue weighted by atomic mass is 35.5. The Morgan fingerprint density at radius 2 is 2.30 bits per heavy atom. The number of nitrogens with zero attached hydrogens (tertiary/aromatic N) is 2. The van der Waals surface area contributed by atoms with Crippen LogP contribution in [0.1, 0.15) is 40.9 Å². The minimum atomic E-state index is 0. The maximum absolute atomic E-state index is 12.3. The minimum Gasteiger partial charge on any atom is -0.336 e. The van der Waals surface area contributed by atoms with Gasteiger partial charge in [0.15, 0.2) is 0 Å². The highest BCUT2D eigenvalue weighted by Gasteiger charge is 2.24. The van der Waals surface area contributed by atoms with Crippen LogP contribution in [-0.2, 0) is 6.42 Å². The number of carbonyl (C=O) groups excluding carboxylic acids is 1. The fourth-order valence-corrected chi connectivity index (χ4v) is 3.28. The van der Waals surface area contributed by atoms with Gasteiger partial charge in [-0.1, -0.05) is 6.92 Å². The molecule has 1 unspecified atom stereocenters. The van der Waals surface area contributed by atoms with Crippen molar-refractivity contribution in [2.75, 3.05) is 20.1 Å². The smallest absolute Gasteiger partial charge is 0.265 e. The van der Waals surface area contributed by atoms with Gasteiger partial charge in [-0.3, -0.25) is 4.79 Å². The van der Waals surface area contributed by atoms with Crippen molar-refractivity contribution in [2.45, 2.75) is 38.6 Å². The van der Waals surface area contributed by atoms with Crippen molar-refractivity contribution in [3.8, 4) is 0 Å². The summed E-state index contributed by atoms with van der Waals surface area (Å²) in [4.78, 5) is 19.4. The third-order valence-corrected chi connectivity index (χ3v) is 4.39. The van der Waals surface area contributed by atoms with Crippen LogP contribution in [0, 0.1) is 0 Å². The summed E-state index contributed by atoms with van der Waals surface area (Å²) in [6.45, 7) is 3.82. The quantitative estimate of drug-likeness (QED) is 0.917. The van der Waals surface area contributed by atoms with Gasteiger partial charge in [0.25, 0.3) is 5.91 Å². The van der Waals surface area contributed by atoms with Crippen LogP contribution in [0.3, 0.4) is 0 Å². The van der Waals surface area contributed by atoms with Gasteiger partial charge in [-0.2, -0.15) is 0 Å². The number of nitrogens with one attached hydrogen (secondary N) is 1. The third kappa shape index (κ3) is 4.88. The van der Waals surface area contributed by atoms with Crippen LogP contribution in [0.5, 0.6) is 0 Å². The average molecular weight is 340 g/mol. The van der Waals surface area contributed by atoms with E-state index >= 15 is 0 Å². The van der Waals surface area contributed by atoms with Gasteiger partial charge in [0.2, 0.25) is 0 Å². The van der Waals surface area contributed by atoms with E-state index in [2.05, 4.69) is 17.2 Å². The SMILES string of the molecule is CCCc1ncc(C(=O)N2CCCC(NC)C2)s1.Cl.Cl. The lowest BCUT2D eigenvalue weighted by molar-refractivity contribution is 0.0703. The number of carbonyl (C=O) groups is 1. The highest BCUT2D eigenvalue weighted by molar-refractivity contribution is 7.13. The van der Waals surface area contributed by atoms with E-state index in [1.165, 1.54) is 0 Å². The number of likely N-dealkylation sites (N-methyl/N-ethyl adjacent to an activating group) is 1. The van der Waals surface area contributed by atoms with Gasteiger partial charge in [-0.15, -0.1) is 36.2 Å². The first-order valence-corrected chi connectivity index (χ1v) is 7.47. The molecule has 1 aromatic rings. The number of piperidine rings is 1. The zero-order valence-electron chi connectivity index (χ0n) is 11.9. The molecule has 1 aliphatic heterocycles. The number of likely N-dealkylation sites (tertiary alicyclic amines) is 1. The van der Waals surface area contributed by atoms with E-state index in [-0.39, 0.29) is 30.7 Å². The molecular weight excluding hydrogens is 317 g/mol. The van der Waals surface area contributed by atoms with Gasteiger partial charge in [-0.25, -0.2) is 4.98 Å². The van der Waals surface area contributed by atoms with Crippen molar-refractivity contribution in [2.24, 2.45) is 0 Å². The molecule has 20 heavy (non-hydrogen) atoms. The van der Waals surface area contributed by atoms with Gasteiger partial charge in [0.05, 0.1) is 11.2 Å². The summed E-state index contributed by atoms with van der Waals surface area (Å²) in [6, 6.07) is 0.436. The molecule has 1 N–H and O–H groups in total. The maximum Gasteiger partial charge on any atom is 0.265 e. The van der Waals surface area contributed by atoms with Crippen LogP contribution in [0.25, 0.3) is 0 Å². The lowest BCUT2D eigenvalue weighted by Crippen LogP contribution is -2.46. The van der Waals surface area contributed by atoms with Crippen molar-refractivity contribution in [3.05, 3.63) is 16.1 Å².